The predicted octanol–water partition coefficient (Wildman–Crippen LogP) is 1.06. The van der Waals surface area contributed by atoms with E-state index in [2.05, 4.69) is 5.32 Å². The fourth-order valence-electron chi connectivity index (χ4n) is 2.87. The van der Waals surface area contributed by atoms with Gasteiger partial charge in [0.05, 0.1) is 6.42 Å². The number of hydrogen-bond donors (Lipinski definition) is 1. The molecule has 2 rings (SSSR count). The minimum atomic E-state index is -0.0187. The summed E-state index contributed by atoms with van der Waals surface area (Å²) in [4.78, 5) is 28.4. The molecule has 5 heteroatoms. The average molecular weight is 317 g/mol. The molecule has 0 spiro atoms. The van der Waals surface area contributed by atoms with E-state index in [4.69, 9.17) is 0 Å². The smallest absolute Gasteiger partial charge is 0.227 e. The summed E-state index contributed by atoms with van der Waals surface area (Å²) in [7, 11) is 1.85. The zero-order valence-corrected chi connectivity index (χ0v) is 14.3. The third kappa shape index (κ3) is 4.79. The van der Waals surface area contributed by atoms with Crippen molar-refractivity contribution in [3.63, 3.8) is 0 Å². The molecule has 1 fully saturated rings. The number of nitrogens with one attached hydrogen (secondary N) is 1. The van der Waals surface area contributed by atoms with E-state index >= 15 is 0 Å². The van der Waals surface area contributed by atoms with Gasteiger partial charge in [-0.25, -0.2) is 0 Å². The molecule has 0 aromatic heterocycles. The van der Waals surface area contributed by atoms with Crippen molar-refractivity contribution in [1.29, 1.82) is 0 Å². The van der Waals surface area contributed by atoms with Crippen LogP contribution in [0.25, 0.3) is 0 Å². The first-order valence-corrected chi connectivity index (χ1v) is 8.28. The van der Waals surface area contributed by atoms with E-state index in [1.807, 2.05) is 55.0 Å². The predicted molar refractivity (Wildman–Crippen MR) is 91.1 cm³/mol. The highest BCUT2D eigenvalue weighted by molar-refractivity contribution is 5.81. The van der Waals surface area contributed by atoms with Crippen LogP contribution >= 0.6 is 0 Å². The number of aryl methyl sites for hydroxylation is 1. The van der Waals surface area contributed by atoms with Gasteiger partial charge in [0.1, 0.15) is 0 Å². The first kappa shape index (κ1) is 17.5. The zero-order chi connectivity index (χ0) is 16.8. The lowest BCUT2D eigenvalue weighted by atomic mass is 10.1. The van der Waals surface area contributed by atoms with Crippen LogP contribution in [-0.4, -0.2) is 61.4 Å². The first-order chi connectivity index (χ1) is 11.0. The number of rotatable bonds is 5. The first-order valence-electron chi connectivity index (χ1n) is 8.28. The standard InChI is InChI=1S/C18H27N3O2/c1-14-4-6-16(7-5-14)12-17(22)20-8-10-21(11-9-20)18(23)15(2)13-19-3/h4-7,15,19H,8-13H2,1-3H3. The topological polar surface area (TPSA) is 52.7 Å². The van der Waals surface area contributed by atoms with Crippen LogP contribution in [0.2, 0.25) is 0 Å². The summed E-state index contributed by atoms with van der Waals surface area (Å²) in [6, 6.07) is 8.07. The zero-order valence-electron chi connectivity index (χ0n) is 14.3. The molecule has 1 heterocycles. The minimum Gasteiger partial charge on any atom is -0.339 e. The molecule has 1 aromatic rings. The Bertz CT molecular complexity index is 534. The van der Waals surface area contributed by atoms with Gasteiger partial charge in [0.15, 0.2) is 0 Å². The second-order valence-electron chi connectivity index (χ2n) is 6.33. The molecule has 126 valence electrons. The Morgan fingerprint density at radius 3 is 2.22 bits per heavy atom. The number of piperazine rings is 1. The molecule has 1 N–H and O–H groups in total. The summed E-state index contributed by atoms with van der Waals surface area (Å²) < 4.78 is 0. The van der Waals surface area contributed by atoms with Crippen LogP contribution < -0.4 is 5.32 Å². The van der Waals surface area contributed by atoms with Crippen molar-refractivity contribution in [3.05, 3.63) is 35.4 Å². The Morgan fingerprint density at radius 1 is 1.09 bits per heavy atom. The quantitative estimate of drug-likeness (QED) is 0.884. The van der Waals surface area contributed by atoms with E-state index < -0.39 is 0 Å². The Morgan fingerprint density at radius 2 is 1.65 bits per heavy atom. The third-order valence-corrected chi connectivity index (χ3v) is 4.35. The van der Waals surface area contributed by atoms with E-state index in [1.165, 1.54) is 5.56 Å². The average Bonchev–Trinajstić information content (AvgIpc) is 2.56. The maximum absolute atomic E-state index is 12.4. The van der Waals surface area contributed by atoms with Gasteiger partial charge in [0.2, 0.25) is 11.8 Å². The van der Waals surface area contributed by atoms with Crippen LogP contribution in [0.3, 0.4) is 0 Å². The summed E-state index contributed by atoms with van der Waals surface area (Å²) in [5.74, 6) is 0.295. The normalized spacial score (nSPS) is 16.3. The molecule has 1 aromatic carbocycles. The van der Waals surface area contributed by atoms with Crippen LogP contribution in [0.4, 0.5) is 0 Å². The van der Waals surface area contributed by atoms with E-state index in [0.29, 0.717) is 39.1 Å². The van der Waals surface area contributed by atoms with Crippen molar-refractivity contribution in [2.24, 2.45) is 5.92 Å². The summed E-state index contributed by atoms with van der Waals surface area (Å²) in [5, 5.41) is 3.03. The Kier molecular flexibility index (Phi) is 6.16. The van der Waals surface area contributed by atoms with E-state index in [1.54, 1.807) is 0 Å². The SMILES string of the molecule is CNCC(C)C(=O)N1CCN(C(=O)Cc2ccc(C)cc2)CC1. The molecule has 0 bridgehead atoms. The highest BCUT2D eigenvalue weighted by atomic mass is 16.2. The van der Waals surface area contributed by atoms with Gasteiger partial charge in [-0.3, -0.25) is 9.59 Å². The maximum Gasteiger partial charge on any atom is 0.227 e. The molecule has 0 aliphatic carbocycles. The van der Waals surface area contributed by atoms with E-state index in [-0.39, 0.29) is 17.7 Å². The molecule has 1 aliphatic heterocycles. The number of carbonyl (C=O) groups is 2. The summed E-state index contributed by atoms with van der Waals surface area (Å²) in [6.07, 6.45) is 0.435. The monoisotopic (exact) mass is 317 g/mol. The van der Waals surface area contributed by atoms with Crippen molar-refractivity contribution in [3.8, 4) is 0 Å². The highest BCUT2D eigenvalue weighted by Crippen LogP contribution is 2.10. The largest absolute Gasteiger partial charge is 0.339 e. The molecule has 0 saturated carbocycles. The summed E-state index contributed by atoms with van der Waals surface area (Å²) in [5.41, 5.74) is 2.24. The minimum absolute atomic E-state index is 0.0187. The summed E-state index contributed by atoms with van der Waals surface area (Å²) in [6.45, 7) is 7.18. The van der Waals surface area contributed by atoms with Crippen LogP contribution in [0, 0.1) is 12.8 Å². The van der Waals surface area contributed by atoms with Gasteiger partial charge in [0.25, 0.3) is 0 Å². The molecular formula is C18H27N3O2. The highest BCUT2D eigenvalue weighted by Gasteiger charge is 2.26. The fraction of sp³-hybridized carbons (Fsp3) is 0.556. The van der Waals surface area contributed by atoms with Gasteiger partial charge in [-0.1, -0.05) is 36.8 Å². The molecule has 1 atom stereocenters. The Labute approximate surface area is 138 Å². The summed E-state index contributed by atoms with van der Waals surface area (Å²) >= 11 is 0. The number of amides is 2. The maximum atomic E-state index is 12.4. The van der Waals surface area contributed by atoms with Gasteiger partial charge < -0.3 is 15.1 Å². The van der Waals surface area contributed by atoms with Crippen molar-refractivity contribution in [2.45, 2.75) is 20.3 Å². The second kappa shape index (κ2) is 8.11. The van der Waals surface area contributed by atoms with Gasteiger partial charge >= 0.3 is 0 Å². The molecule has 2 amide bonds. The van der Waals surface area contributed by atoms with Gasteiger partial charge in [-0.05, 0) is 19.5 Å². The lowest BCUT2D eigenvalue weighted by Crippen LogP contribution is -2.52. The molecule has 1 unspecified atom stereocenters. The van der Waals surface area contributed by atoms with E-state index in [9.17, 15) is 9.59 Å². The molecule has 0 radical (unpaired) electrons. The Balaban J connectivity index is 1.82. The van der Waals surface area contributed by atoms with Gasteiger partial charge in [-0.15, -0.1) is 0 Å². The molecule has 1 saturated heterocycles. The van der Waals surface area contributed by atoms with Crippen molar-refractivity contribution in [2.75, 3.05) is 39.8 Å². The molecule has 1 aliphatic rings. The number of benzene rings is 1. The molecular weight excluding hydrogens is 290 g/mol. The number of nitrogens with zero attached hydrogens (tertiary/aromatic N) is 2. The van der Waals surface area contributed by atoms with Crippen molar-refractivity contribution < 1.29 is 9.59 Å². The Hall–Kier alpha value is -1.88. The third-order valence-electron chi connectivity index (χ3n) is 4.35. The fourth-order valence-corrected chi connectivity index (χ4v) is 2.87. The molecule has 23 heavy (non-hydrogen) atoms. The second-order valence-corrected chi connectivity index (χ2v) is 6.33. The van der Waals surface area contributed by atoms with Gasteiger partial charge in [0, 0.05) is 38.6 Å². The van der Waals surface area contributed by atoms with Crippen LogP contribution in [-0.2, 0) is 16.0 Å². The van der Waals surface area contributed by atoms with Crippen LogP contribution in [0.15, 0.2) is 24.3 Å². The number of hydrogen-bond acceptors (Lipinski definition) is 3. The molecule has 5 nitrogen and oxygen atoms in total. The van der Waals surface area contributed by atoms with Crippen molar-refractivity contribution >= 4 is 11.8 Å². The van der Waals surface area contributed by atoms with Crippen LogP contribution in [0.5, 0.6) is 0 Å². The van der Waals surface area contributed by atoms with Crippen molar-refractivity contribution in [1.82, 2.24) is 15.1 Å². The van der Waals surface area contributed by atoms with E-state index in [0.717, 1.165) is 5.56 Å². The van der Waals surface area contributed by atoms with Gasteiger partial charge in [-0.2, -0.15) is 0 Å². The number of carbonyl (C=O) groups excluding carboxylic acids is 2. The van der Waals surface area contributed by atoms with Crippen LogP contribution in [0.1, 0.15) is 18.1 Å². The lowest BCUT2D eigenvalue weighted by Gasteiger charge is -2.36. The lowest BCUT2D eigenvalue weighted by molar-refractivity contribution is -0.141.